The van der Waals surface area contributed by atoms with Crippen LogP contribution >= 0.6 is 0 Å². The number of anilines is 3. The van der Waals surface area contributed by atoms with Crippen molar-refractivity contribution in [2.24, 2.45) is 0 Å². The van der Waals surface area contributed by atoms with E-state index in [1.54, 1.807) is 13.2 Å². The molecule has 4 rings (SSSR count). The molecule has 2 heterocycles. The molecule has 0 aliphatic heterocycles. The number of nitrogens with two attached hydrogens (primary N) is 1. The molecule has 0 bridgehead atoms. The Hall–Kier alpha value is -4.27. The fourth-order valence-electron chi connectivity index (χ4n) is 3.12. The highest BCUT2D eigenvalue weighted by Crippen LogP contribution is 2.25. The quantitative estimate of drug-likeness (QED) is 0.404. The minimum absolute atomic E-state index is 0.0174. The zero-order valence-electron chi connectivity index (χ0n) is 17.5. The number of para-hydroxylation sites is 3. The standard InChI is InChI=1S/C23H22N6O3/c1-31-19-9-5-4-8-18(19)26-23-28-20(27-22(24)29-23)14-32-21(30)13-12-16-11-10-15-6-2-3-7-17(15)25-16/h2-11H,12-14H2,1H3,(H3,24,26,27,28,29). The van der Waals surface area contributed by atoms with Gasteiger partial charge in [-0.1, -0.05) is 36.4 Å². The van der Waals surface area contributed by atoms with E-state index in [1.165, 1.54) is 0 Å². The molecule has 4 aromatic rings. The van der Waals surface area contributed by atoms with Gasteiger partial charge in [0, 0.05) is 17.5 Å². The van der Waals surface area contributed by atoms with Crippen molar-refractivity contribution in [2.45, 2.75) is 19.4 Å². The number of nitrogens with zero attached hydrogens (tertiary/aromatic N) is 4. The van der Waals surface area contributed by atoms with Gasteiger partial charge in [-0.05, 0) is 24.3 Å². The van der Waals surface area contributed by atoms with Crippen molar-refractivity contribution in [1.29, 1.82) is 0 Å². The lowest BCUT2D eigenvalue weighted by atomic mass is 10.1. The number of methoxy groups -OCH3 is 1. The predicted molar refractivity (Wildman–Crippen MR) is 120 cm³/mol. The third kappa shape index (κ3) is 5.25. The van der Waals surface area contributed by atoms with E-state index in [0.29, 0.717) is 17.9 Å². The molecule has 0 saturated carbocycles. The molecule has 0 amide bonds. The van der Waals surface area contributed by atoms with Gasteiger partial charge in [-0.2, -0.15) is 15.0 Å². The second kappa shape index (κ2) is 9.69. The van der Waals surface area contributed by atoms with Gasteiger partial charge in [-0.15, -0.1) is 0 Å². The van der Waals surface area contributed by atoms with Gasteiger partial charge in [-0.3, -0.25) is 9.78 Å². The third-order valence-electron chi connectivity index (χ3n) is 4.66. The molecule has 3 N–H and O–H groups in total. The van der Waals surface area contributed by atoms with Gasteiger partial charge < -0.3 is 20.5 Å². The number of fused-ring (bicyclic) bond motifs is 1. The van der Waals surface area contributed by atoms with Crippen molar-refractivity contribution in [3.8, 4) is 5.75 Å². The summed E-state index contributed by atoms with van der Waals surface area (Å²) in [7, 11) is 1.57. The van der Waals surface area contributed by atoms with E-state index in [0.717, 1.165) is 16.6 Å². The minimum atomic E-state index is -0.377. The van der Waals surface area contributed by atoms with Crippen LogP contribution in [0.2, 0.25) is 0 Å². The van der Waals surface area contributed by atoms with E-state index in [-0.39, 0.29) is 36.7 Å². The number of benzene rings is 2. The molecule has 0 unspecified atom stereocenters. The maximum absolute atomic E-state index is 12.2. The number of rotatable bonds is 8. The van der Waals surface area contributed by atoms with E-state index in [4.69, 9.17) is 15.2 Å². The Labute approximate surface area is 184 Å². The van der Waals surface area contributed by atoms with Gasteiger partial charge >= 0.3 is 5.97 Å². The van der Waals surface area contributed by atoms with Gasteiger partial charge in [0.15, 0.2) is 12.4 Å². The smallest absolute Gasteiger partial charge is 0.306 e. The minimum Gasteiger partial charge on any atom is -0.495 e. The summed E-state index contributed by atoms with van der Waals surface area (Å²) in [5.74, 6) is 0.740. The number of aromatic nitrogens is 4. The van der Waals surface area contributed by atoms with Crippen LogP contribution in [-0.2, 0) is 22.6 Å². The van der Waals surface area contributed by atoms with Crippen LogP contribution in [-0.4, -0.2) is 33.0 Å². The fraction of sp³-hybridized carbons (Fsp3) is 0.174. The fourth-order valence-corrected chi connectivity index (χ4v) is 3.12. The summed E-state index contributed by atoms with van der Waals surface area (Å²) >= 11 is 0. The first-order chi connectivity index (χ1) is 15.6. The Morgan fingerprint density at radius 3 is 2.66 bits per heavy atom. The lowest BCUT2D eigenvalue weighted by Crippen LogP contribution is -2.11. The number of hydrogen-bond acceptors (Lipinski definition) is 9. The third-order valence-corrected chi connectivity index (χ3v) is 4.66. The Balaban J connectivity index is 1.35. The van der Waals surface area contributed by atoms with Gasteiger partial charge in [0.05, 0.1) is 24.7 Å². The highest BCUT2D eigenvalue weighted by molar-refractivity contribution is 5.78. The summed E-state index contributed by atoms with van der Waals surface area (Å²) < 4.78 is 10.6. The molecule has 0 fully saturated rings. The SMILES string of the molecule is COc1ccccc1Nc1nc(N)nc(COC(=O)CCc2ccc3ccccc3n2)n1. The van der Waals surface area contributed by atoms with Gasteiger partial charge in [-0.25, -0.2) is 0 Å². The number of pyridine rings is 1. The largest absolute Gasteiger partial charge is 0.495 e. The summed E-state index contributed by atoms with van der Waals surface area (Å²) in [6.45, 7) is -0.114. The lowest BCUT2D eigenvalue weighted by Gasteiger charge is -2.11. The van der Waals surface area contributed by atoms with E-state index < -0.39 is 0 Å². The molecule has 0 saturated heterocycles. The summed E-state index contributed by atoms with van der Waals surface area (Å²) in [6, 6.07) is 19.1. The number of ether oxygens (including phenoxy) is 2. The number of nitrogens with one attached hydrogen (secondary N) is 1. The van der Waals surface area contributed by atoms with E-state index in [9.17, 15) is 4.79 Å². The molecule has 32 heavy (non-hydrogen) atoms. The zero-order valence-corrected chi connectivity index (χ0v) is 17.5. The molecule has 9 heteroatoms. The molecule has 0 aliphatic carbocycles. The Kier molecular flexibility index (Phi) is 6.35. The zero-order chi connectivity index (χ0) is 22.3. The monoisotopic (exact) mass is 430 g/mol. The van der Waals surface area contributed by atoms with Crippen LogP contribution in [0.3, 0.4) is 0 Å². The number of esters is 1. The van der Waals surface area contributed by atoms with Crippen LogP contribution in [0.15, 0.2) is 60.7 Å². The Morgan fingerprint density at radius 2 is 1.78 bits per heavy atom. The highest BCUT2D eigenvalue weighted by atomic mass is 16.5. The number of nitrogen functional groups attached to an aromatic ring is 1. The van der Waals surface area contributed by atoms with Crippen LogP contribution in [0.1, 0.15) is 17.9 Å². The van der Waals surface area contributed by atoms with E-state index in [1.807, 2.05) is 54.6 Å². The van der Waals surface area contributed by atoms with Crippen LogP contribution in [0.25, 0.3) is 10.9 Å². The van der Waals surface area contributed by atoms with Crippen molar-refractivity contribution in [2.75, 3.05) is 18.2 Å². The first kappa shape index (κ1) is 21.0. The van der Waals surface area contributed by atoms with E-state index >= 15 is 0 Å². The summed E-state index contributed by atoms with van der Waals surface area (Å²) in [5.41, 5.74) is 8.18. The van der Waals surface area contributed by atoms with Gasteiger partial charge in [0.25, 0.3) is 0 Å². The molecule has 0 spiro atoms. The van der Waals surface area contributed by atoms with E-state index in [2.05, 4.69) is 25.3 Å². The average molecular weight is 430 g/mol. The summed E-state index contributed by atoms with van der Waals surface area (Å²) in [6.07, 6.45) is 0.668. The molecule has 0 atom stereocenters. The number of carbonyl (C=O) groups is 1. The first-order valence-corrected chi connectivity index (χ1v) is 10.0. The number of aryl methyl sites for hydroxylation is 1. The van der Waals surface area contributed by atoms with Crippen LogP contribution in [0.5, 0.6) is 5.75 Å². The number of carbonyl (C=O) groups excluding carboxylic acids is 1. The second-order valence-corrected chi connectivity index (χ2v) is 6.91. The second-order valence-electron chi connectivity index (χ2n) is 6.91. The average Bonchev–Trinajstić information content (AvgIpc) is 2.81. The topological polar surface area (TPSA) is 125 Å². The molecule has 2 aromatic carbocycles. The van der Waals surface area contributed by atoms with Crippen molar-refractivity contribution in [1.82, 2.24) is 19.9 Å². The molecule has 0 radical (unpaired) electrons. The van der Waals surface area contributed by atoms with Gasteiger partial charge in [0.2, 0.25) is 11.9 Å². The molecule has 162 valence electrons. The van der Waals surface area contributed by atoms with Crippen molar-refractivity contribution in [3.63, 3.8) is 0 Å². The highest BCUT2D eigenvalue weighted by Gasteiger charge is 2.11. The van der Waals surface area contributed by atoms with Crippen LogP contribution < -0.4 is 15.8 Å². The molecule has 2 aromatic heterocycles. The molecular weight excluding hydrogens is 408 g/mol. The van der Waals surface area contributed by atoms with Crippen molar-refractivity contribution >= 4 is 34.5 Å². The predicted octanol–water partition coefficient (Wildman–Crippen LogP) is 3.43. The first-order valence-electron chi connectivity index (χ1n) is 10.0. The Morgan fingerprint density at radius 1 is 0.969 bits per heavy atom. The summed E-state index contributed by atoms with van der Waals surface area (Å²) in [5, 5.41) is 4.10. The normalized spacial score (nSPS) is 10.7. The van der Waals surface area contributed by atoms with Gasteiger partial charge in [0.1, 0.15) is 5.75 Å². The molecule has 9 nitrogen and oxygen atoms in total. The van der Waals surface area contributed by atoms with Crippen LogP contribution in [0, 0.1) is 0 Å². The number of hydrogen-bond donors (Lipinski definition) is 2. The van der Waals surface area contributed by atoms with Crippen LogP contribution in [0.4, 0.5) is 17.6 Å². The summed E-state index contributed by atoms with van der Waals surface area (Å²) in [4.78, 5) is 29.2. The van der Waals surface area contributed by atoms with Crippen molar-refractivity contribution in [3.05, 3.63) is 72.2 Å². The lowest BCUT2D eigenvalue weighted by molar-refractivity contribution is -0.145. The maximum atomic E-state index is 12.2. The molecule has 0 aliphatic rings. The van der Waals surface area contributed by atoms with Crippen molar-refractivity contribution < 1.29 is 14.3 Å². The Bertz CT molecular complexity index is 1250. The maximum Gasteiger partial charge on any atom is 0.306 e. The molecular formula is C23H22N6O3.